The van der Waals surface area contributed by atoms with Crippen LogP contribution in [0.4, 0.5) is 11.4 Å². The number of benzene rings is 1. The number of carbonyl (C=O) groups excluding carboxylic acids is 1. The number of anilines is 2. The van der Waals surface area contributed by atoms with E-state index in [1.807, 2.05) is 31.2 Å². The van der Waals surface area contributed by atoms with Crippen molar-refractivity contribution in [1.29, 1.82) is 5.26 Å². The van der Waals surface area contributed by atoms with Crippen molar-refractivity contribution in [2.75, 3.05) is 37.4 Å². The third-order valence-electron chi connectivity index (χ3n) is 6.70. The standard InChI is InChI=1S/C25H27N5O3S/c1-13-3-4-17-23(28)24(34-25(17)29-13)20(31)6-14-5-15-7-16(9-26)19(8-21(15)33-12-14)30-10-18(27)22(11-30)32-2/h3-4,7-8,14,18,22H,5-6,10-12,27-28H2,1-2H3/t14-,18-,22-/m0/s1. The molecule has 4 N–H and O–H groups in total. The normalized spacial score (nSPS) is 21.8. The number of fused-ring (bicyclic) bond motifs is 2. The van der Waals surface area contributed by atoms with Gasteiger partial charge in [0.05, 0.1) is 40.6 Å². The number of aromatic nitrogens is 1. The van der Waals surface area contributed by atoms with Crippen LogP contribution >= 0.6 is 11.3 Å². The number of aryl methyl sites for hydroxylation is 1. The van der Waals surface area contributed by atoms with Gasteiger partial charge < -0.3 is 25.8 Å². The third kappa shape index (κ3) is 3.98. The van der Waals surface area contributed by atoms with Gasteiger partial charge in [-0.25, -0.2) is 4.98 Å². The van der Waals surface area contributed by atoms with Crippen molar-refractivity contribution in [1.82, 2.24) is 4.98 Å². The minimum atomic E-state index is -0.107. The molecule has 9 heteroatoms. The number of hydrogen-bond acceptors (Lipinski definition) is 9. The molecule has 1 saturated heterocycles. The molecule has 5 rings (SSSR count). The molecule has 2 aromatic heterocycles. The maximum Gasteiger partial charge on any atom is 0.175 e. The number of rotatable bonds is 5. The van der Waals surface area contributed by atoms with Crippen LogP contribution in [0, 0.1) is 24.2 Å². The predicted octanol–water partition coefficient (Wildman–Crippen LogP) is 3.05. The van der Waals surface area contributed by atoms with E-state index in [0.29, 0.717) is 48.7 Å². The van der Waals surface area contributed by atoms with Gasteiger partial charge in [0, 0.05) is 49.7 Å². The van der Waals surface area contributed by atoms with Crippen LogP contribution < -0.4 is 21.1 Å². The second-order valence-corrected chi connectivity index (χ2v) is 10.1. The number of nitrogen functional groups attached to an aromatic ring is 1. The molecule has 0 spiro atoms. The molecule has 0 saturated carbocycles. The number of methoxy groups -OCH3 is 1. The number of carbonyl (C=O) groups is 1. The van der Waals surface area contributed by atoms with Crippen molar-refractivity contribution in [3.8, 4) is 11.8 Å². The lowest BCUT2D eigenvalue weighted by Gasteiger charge is -2.28. The summed E-state index contributed by atoms with van der Waals surface area (Å²) in [5, 5.41) is 10.6. The van der Waals surface area contributed by atoms with Crippen molar-refractivity contribution in [3.05, 3.63) is 46.0 Å². The van der Waals surface area contributed by atoms with E-state index in [1.165, 1.54) is 11.3 Å². The summed E-state index contributed by atoms with van der Waals surface area (Å²) in [7, 11) is 1.65. The Bertz CT molecular complexity index is 1310. The minimum absolute atomic E-state index is 0.00370. The maximum absolute atomic E-state index is 13.1. The van der Waals surface area contributed by atoms with E-state index in [9.17, 15) is 10.1 Å². The molecule has 1 fully saturated rings. The topological polar surface area (TPSA) is 127 Å². The van der Waals surface area contributed by atoms with Crippen LogP contribution in [0.3, 0.4) is 0 Å². The van der Waals surface area contributed by atoms with E-state index in [2.05, 4.69) is 16.0 Å². The van der Waals surface area contributed by atoms with Gasteiger partial charge in [-0.1, -0.05) is 0 Å². The van der Waals surface area contributed by atoms with Crippen LogP contribution in [0.25, 0.3) is 10.2 Å². The van der Waals surface area contributed by atoms with Gasteiger partial charge in [-0.15, -0.1) is 11.3 Å². The molecule has 0 bridgehead atoms. The minimum Gasteiger partial charge on any atom is -0.493 e. The summed E-state index contributed by atoms with van der Waals surface area (Å²) >= 11 is 1.35. The number of hydrogen-bond donors (Lipinski definition) is 2. The summed E-state index contributed by atoms with van der Waals surface area (Å²) in [6, 6.07) is 9.83. The monoisotopic (exact) mass is 477 g/mol. The molecule has 0 amide bonds. The van der Waals surface area contributed by atoms with Crippen molar-refractivity contribution in [2.45, 2.75) is 31.9 Å². The highest BCUT2D eigenvalue weighted by Crippen LogP contribution is 2.38. The molecule has 0 aliphatic carbocycles. The zero-order valence-electron chi connectivity index (χ0n) is 19.2. The molecule has 1 aromatic carbocycles. The van der Waals surface area contributed by atoms with Crippen molar-refractivity contribution < 1.29 is 14.3 Å². The van der Waals surface area contributed by atoms with Crippen LogP contribution in [-0.2, 0) is 11.2 Å². The van der Waals surface area contributed by atoms with Crippen molar-refractivity contribution in [2.24, 2.45) is 11.7 Å². The molecule has 2 aliphatic rings. The molecule has 4 heterocycles. The van der Waals surface area contributed by atoms with Crippen molar-refractivity contribution >= 4 is 38.7 Å². The third-order valence-corrected chi connectivity index (χ3v) is 7.85. The van der Waals surface area contributed by atoms with E-state index in [-0.39, 0.29) is 23.8 Å². The summed E-state index contributed by atoms with van der Waals surface area (Å²) in [5.41, 5.74) is 16.2. The number of pyridine rings is 1. The first-order chi connectivity index (χ1) is 16.4. The zero-order chi connectivity index (χ0) is 24.0. The highest BCUT2D eigenvalue weighted by molar-refractivity contribution is 7.21. The molecule has 8 nitrogen and oxygen atoms in total. The average Bonchev–Trinajstić information content (AvgIpc) is 3.37. The fourth-order valence-electron chi connectivity index (χ4n) is 4.86. The first-order valence-electron chi connectivity index (χ1n) is 11.3. The van der Waals surface area contributed by atoms with Gasteiger partial charge in [-0.05, 0) is 37.1 Å². The second-order valence-electron chi connectivity index (χ2n) is 9.09. The summed E-state index contributed by atoms with van der Waals surface area (Å²) in [6.45, 7) is 3.61. The highest BCUT2D eigenvalue weighted by Gasteiger charge is 2.33. The molecule has 3 aromatic rings. The highest BCUT2D eigenvalue weighted by atomic mass is 32.1. The Morgan fingerprint density at radius 3 is 2.94 bits per heavy atom. The number of nitrogens with zero attached hydrogens (tertiary/aromatic N) is 3. The quantitative estimate of drug-likeness (QED) is 0.537. The number of nitrogens with two attached hydrogens (primary N) is 2. The van der Waals surface area contributed by atoms with Crippen LogP contribution in [0.15, 0.2) is 24.3 Å². The lowest BCUT2D eigenvalue weighted by Crippen LogP contribution is -2.34. The van der Waals surface area contributed by atoms with Gasteiger partial charge in [0.1, 0.15) is 16.6 Å². The van der Waals surface area contributed by atoms with E-state index in [1.54, 1.807) is 7.11 Å². The lowest BCUT2D eigenvalue weighted by molar-refractivity contribution is 0.0939. The van der Waals surface area contributed by atoms with Gasteiger partial charge in [-0.3, -0.25) is 4.79 Å². The Balaban J connectivity index is 1.34. The molecular formula is C25H27N5O3S. The molecule has 176 valence electrons. The smallest absolute Gasteiger partial charge is 0.175 e. The molecular weight excluding hydrogens is 450 g/mol. The van der Waals surface area contributed by atoms with E-state index < -0.39 is 0 Å². The fraction of sp³-hybridized carbons (Fsp3) is 0.400. The molecule has 2 aliphatic heterocycles. The first kappa shape index (κ1) is 22.6. The Hall–Kier alpha value is -3.19. The number of nitriles is 1. The lowest BCUT2D eigenvalue weighted by atomic mass is 9.90. The van der Waals surface area contributed by atoms with Crippen LogP contribution in [0.1, 0.15) is 32.9 Å². The predicted molar refractivity (Wildman–Crippen MR) is 133 cm³/mol. The van der Waals surface area contributed by atoms with E-state index >= 15 is 0 Å². The zero-order valence-corrected chi connectivity index (χ0v) is 20.0. The van der Waals surface area contributed by atoms with Crippen LogP contribution in [-0.4, -0.2) is 49.7 Å². The SMILES string of the molecule is CO[C@H]1CN(c2cc3c(cc2C#N)C[C@@H](CC(=O)c2sc4nc(C)ccc4c2N)CO3)C[C@@H]1N. The Morgan fingerprint density at radius 1 is 1.38 bits per heavy atom. The number of thiophene rings is 1. The maximum atomic E-state index is 13.1. The largest absolute Gasteiger partial charge is 0.493 e. The Kier molecular flexibility index (Phi) is 5.90. The second kappa shape index (κ2) is 8.87. The number of Topliss-reactive ketones (excluding diaryl/α,β-unsaturated/α-hetero) is 1. The Labute approximate surface area is 202 Å². The van der Waals surface area contributed by atoms with Crippen LogP contribution in [0.5, 0.6) is 5.75 Å². The Morgan fingerprint density at radius 2 is 2.21 bits per heavy atom. The fourth-order valence-corrected chi connectivity index (χ4v) is 5.95. The summed E-state index contributed by atoms with van der Waals surface area (Å²) in [5.74, 6) is 0.770. The summed E-state index contributed by atoms with van der Waals surface area (Å²) < 4.78 is 11.5. The van der Waals surface area contributed by atoms with Gasteiger partial charge in [-0.2, -0.15) is 5.26 Å². The van der Waals surface area contributed by atoms with Gasteiger partial charge in [0.15, 0.2) is 5.78 Å². The van der Waals surface area contributed by atoms with Gasteiger partial charge in [0.2, 0.25) is 0 Å². The van der Waals surface area contributed by atoms with Gasteiger partial charge in [0.25, 0.3) is 0 Å². The molecule has 0 unspecified atom stereocenters. The first-order valence-corrected chi connectivity index (χ1v) is 12.1. The van der Waals surface area contributed by atoms with E-state index in [0.717, 1.165) is 32.9 Å². The molecule has 3 atom stereocenters. The van der Waals surface area contributed by atoms with Crippen molar-refractivity contribution in [3.63, 3.8) is 0 Å². The van der Waals surface area contributed by atoms with E-state index in [4.69, 9.17) is 20.9 Å². The van der Waals surface area contributed by atoms with Crippen LogP contribution in [0.2, 0.25) is 0 Å². The molecule has 34 heavy (non-hydrogen) atoms. The number of ketones is 1. The van der Waals surface area contributed by atoms with Gasteiger partial charge >= 0.3 is 0 Å². The summed E-state index contributed by atoms with van der Waals surface area (Å²) in [6.07, 6.45) is 0.924. The molecule has 0 radical (unpaired) electrons. The summed E-state index contributed by atoms with van der Waals surface area (Å²) in [4.78, 5) is 21.0. The average molecular weight is 478 g/mol. The number of ether oxygens (including phenoxy) is 2.